The summed E-state index contributed by atoms with van der Waals surface area (Å²) in [5.74, 6) is 1.96. The third-order valence-corrected chi connectivity index (χ3v) is 4.47. The number of nitrogens with zero attached hydrogens (tertiary/aromatic N) is 2. The van der Waals surface area contributed by atoms with E-state index in [4.69, 9.17) is 4.74 Å². The van der Waals surface area contributed by atoms with Crippen molar-refractivity contribution in [3.05, 3.63) is 52.2 Å². The topological polar surface area (TPSA) is 24.8 Å². The van der Waals surface area contributed by atoms with Crippen LogP contribution in [0.15, 0.2) is 51.6 Å². The number of rotatable bonds is 3. The molecule has 2 aliphatic rings. The minimum absolute atomic E-state index is 0.200. The van der Waals surface area contributed by atoms with Crippen molar-refractivity contribution in [1.29, 1.82) is 0 Å². The van der Waals surface area contributed by atoms with E-state index in [1.54, 1.807) is 0 Å². The summed E-state index contributed by atoms with van der Waals surface area (Å²) in [6.07, 6.45) is 4.45. The Morgan fingerprint density at radius 3 is 2.67 bits per heavy atom. The SMILES string of the molecule is CC1=CC2=NCC(c3ccc(OC(C)C)cc3)N2C=C1Br. The molecular weight excluding hydrogens is 328 g/mol. The van der Waals surface area contributed by atoms with E-state index in [1.807, 2.05) is 26.0 Å². The molecule has 0 fully saturated rings. The molecule has 3 rings (SSSR count). The largest absolute Gasteiger partial charge is 0.491 e. The smallest absolute Gasteiger partial charge is 0.128 e. The first-order valence-electron chi connectivity index (χ1n) is 7.20. The minimum atomic E-state index is 0.200. The monoisotopic (exact) mass is 346 g/mol. The lowest BCUT2D eigenvalue weighted by molar-refractivity contribution is 0.242. The molecule has 4 heteroatoms. The highest BCUT2D eigenvalue weighted by molar-refractivity contribution is 9.12. The molecule has 1 aromatic carbocycles. The van der Waals surface area contributed by atoms with E-state index in [0.29, 0.717) is 0 Å². The number of allylic oxidation sites excluding steroid dienone is 2. The molecule has 2 aliphatic heterocycles. The Hall–Kier alpha value is -1.55. The maximum atomic E-state index is 5.70. The number of aliphatic imine (C=N–C) groups is 1. The van der Waals surface area contributed by atoms with Crippen molar-refractivity contribution in [2.24, 2.45) is 4.99 Å². The van der Waals surface area contributed by atoms with Gasteiger partial charge >= 0.3 is 0 Å². The molecule has 0 bridgehead atoms. The minimum Gasteiger partial charge on any atom is -0.491 e. The number of ether oxygens (including phenoxy) is 1. The number of hydrogen-bond donors (Lipinski definition) is 0. The lowest BCUT2D eigenvalue weighted by Gasteiger charge is -2.27. The van der Waals surface area contributed by atoms with Crippen molar-refractivity contribution in [1.82, 2.24) is 4.90 Å². The molecule has 110 valence electrons. The molecule has 0 aliphatic carbocycles. The fraction of sp³-hybridized carbons (Fsp3) is 0.353. The third-order valence-electron chi connectivity index (χ3n) is 3.64. The van der Waals surface area contributed by atoms with Crippen molar-refractivity contribution in [3.63, 3.8) is 0 Å². The van der Waals surface area contributed by atoms with Crippen LogP contribution < -0.4 is 4.74 Å². The normalized spacial score (nSPS) is 20.9. The summed E-state index contributed by atoms with van der Waals surface area (Å²) in [5.41, 5.74) is 2.47. The van der Waals surface area contributed by atoms with Gasteiger partial charge in [-0.3, -0.25) is 4.99 Å². The van der Waals surface area contributed by atoms with E-state index in [0.717, 1.165) is 22.6 Å². The molecule has 1 aromatic rings. The van der Waals surface area contributed by atoms with Gasteiger partial charge < -0.3 is 9.64 Å². The Kier molecular flexibility index (Phi) is 3.89. The second-order valence-corrected chi connectivity index (χ2v) is 6.52. The molecule has 1 atom stereocenters. The Morgan fingerprint density at radius 1 is 1.29 bits per heavy atom. The molecule has 0 aromatic heterocycles. The van der Waals surface area contributed by atoms with E-state index in [2.05, 4.69) is 57.2 Å². The quantitative estimate of drug-likeness (QED) is 0.808. The van der Waals surface area contributed by atoms with Gasteiger partial charge in [-0.2, -0.15) is 0 Å². The van der Waals surface area contributed by atoms with Crippen molar-refractivity contribution in [3.8, 4) is 5.75 Å². The molecule has 2 heterocycles. The van der Waals surface area contributed by atoms with E-state index < -0.39 is 0 Å². The van der Waals surface area contributed by atoms with Crippen LogP contribution in [-0.4, -0.2) is 23.4 Å². The average molecular weight is 347 g/mol. The van der Waals surface area contributed by atoms with Crippen LogP contribution in [0.5, 0.6) is 5.75 Å². The highest BCUT2D eigenvalue weighted by Crippen LogP contribution is 2.34. The summed E-state index contributed by atoms with van der Waals surface area (Å²) in [6, 6.07) is 8.61. The summed E-state index contributed by atoms with van der Waals surface area (Å²) in [5, 5.41) is 0. The number of hydrogen-bond acceptors (Lipinski definition) is 3. The van der Waals surface area contributed by atoms with Gasteiger partial charge in [-0.15, -0.1) is 0 Å². The zero-order valence-electron chi connectivity index (χ0n) is 12.5. The maximum absolute atomic E-state index is 5.70. The second kappa shape index (κ2) is 5.68. The van der Waals surface area contributed by atoms with E-state index in [9.17, 15) is 0 Å². The van der Waals surface area contributed by atoms with Gasteiger partial charge in [0.25, 0.3) is 0 Å². The van der Waals surface area contributed by atoms with Crippen LogP contribution in [0, 0.1) is 0 Å². The number of fused-ring (bicyclic) bond motifs is 1. The molecule has 0 spiro atoms. The predicted octanol–water partition coefficient (Wildman–Crippen LogP) is 4.43. The molecule has 21 heavy (non-hydrogen) atoms. The molecule has 0 radical (unpaired) electrons. The van der Waals surface area contributed by atoms with Crippen LogP contribution in [0.2, 0.25) is 0 Å². The van der Waals surface area contributed by atoms with Gasteiger partial charge in [0, 0.05) is 10.7 Å². The Bertz CT molecular complexity index is 629. The second-order valence-electron chi connectivity index (χ2n) is 5.66. The maximum Gasteiger partial charge on any atom is 0.128 e. The number of benzene rings is 1. The van der Waals surface area contributed by atoms with Crippen LogP contribution in [0.4, 0.5) is 0 Å². The number of amidine groups is 1. The fourth-order valence-electron chi connectivity index (χ4n) is 2.58. The van der Waals surface area contributed by atoms with E-state index in [-0.39, 0.29) is 12.1 Å². The van der Waals surface area contributed by atoms with Crippen LogP contribution in [0.3, 0.4) is 0 Å². The van der Waals surface area contributed by atoms with Gasteiger partial charge in [0.2, 0.25) is 0 Å². The lowest BCUT2D eigenvalue weighted by Crippen LogP contribution is -2.27. The van der Waals surface area contributed by atoms with E-state index >= 15 is 0 Å². The van der Waals surface area contributed by atoms with Gasteiger partial charge in [-0.25, -0.2) is 0 Å². The highest BCUT2D eigenvalue weighted by Gasteiger charge is 2.29. The van der Waals surface area contributed by atoms with Gasteiger partial charge in [0.15, 0.2) is 0 Å². The Labute approximate surface area is 134 Å². The van der Waals surface area contributed by atoms with Crippen LogP contribution >= 0.6 is 15.9 Å². The first kappa shape index (κ1) is 14.4. The molecule has 1 unspecified atom stereocenters. The van der Waals surface area contributed by atoms with E-state index in [1.165, 1.54) is 11.1 Å². The molecule has 0 saturated carbocycles. The number of halogens is 1. The summed E-state index contributed by atoms with van der Waals surface area (Å²) >= 11 is 3.61. The standard InChI is InChI=1S/C17H19BrN2O/c1-11(2)21-14-6-4-13(5-7-14)16-9-19-17-8-12(3)15(18)10-20(16)17/h4-8,10-11,16H,9H2,1-3H3. The van der Waals surface area contributed by atoms with Crippen LogP contribution in [0.25, 0.3) is 0 Å². The summed E-state index contributed by atoms with van der Waals surface area (Å²) in [7, 11) is 0. The average Bonchev–Trinajstić information content (AvgIpc) is 2.82. The van der Waals surface area contributed by atoms with Crippen molar-refractivity contribution in [2.75, 3.05) is 6.54 Å². The zero-order valence-corrected chi connectivity index (χ0v) is 14.1. The van der Waals surface area contributed by atoms with Crippen molar-refractivity contribution in [2.45, 2.75) is 32.9 Å². The lowest BCUT2D eigenvalue weighted by atomic mass is 10.1. The van der Waals surface area contributed by atoms with Crippen molar-refractivity contribution < 1.29 is 4.74 Å². The Morgan fingerprint density at radius 2 is 2.00 bits per heavy atom. The molecule has 3 nitrogen and oxygen atoms in total. The third kappa shape index (κ3) is 2.91. The van der Waals surface area contributed by atoms with Gasteiger partial charge in [0.1, 0.15) is 11.6 Å². The molecule has 0 saturated heterocycles. The predicted molar refractivity (Wildman–Crippen MR) is 89.9 cm³/mol. The zero-order chi connectivity index (χ0) is 15.0. The Balaban J connectivity index is 1.80. The summed E-state index contributed by atoms with van der Waals surface area (Å²) < 4.78 is 6.82. The van der Waals surface area contributed by atoms with Gasteiger partial charge in [-0.1, -0.05) is 12.1 Å². The van der Waals surface area contributed by atoms with Crippen LogP contribution in [-0.2, 0) is 0 Å². The van der Waals surface area contributed by atoms with Crippen LogP contribution in [0.1, 0.15) is 32.4 Å². The molecular formula is C17H19BrN2O. The first-order valence-corrected chi connectivity index (χ1v) is 7.99. The first-order chi connectivity index (χ1) is 10.0. The fourth-order valence-corrected chi connectivity index (χ4v) is 2.91. The highest BCUT2D eigenvalue weighted by atomic mass is 79.9. The summed E-state index contributed by atoms with van der Waals surface area (Å²) in [4.78, 5) is 6.87. The molecule has 0 amide bonds. The van der Waals surface area contributed by atoms with Gasteiger partial charge in [0.05, 0.1) is 18.7 Å². The molecule has 0 N–H and O–H groups in total. The van der Waals surface area contributed by atoms with Gasteiger partial charge in [-0.05, 0) is 66.0 Å². The summed E-state index contributed by atoms with van der Waals surface area (Å²) in [6.45, 7) is 6.96. The van der Waals surface area contributed by atoms with Crippen molar-refractivity contribution >= 4 is 21.8 Å².